The van der Waals surface area contributed by atoms with E-state index in [-0.39, 0.29) is 22.9 Å². The molecule has 1 aromatic rings. The largest absolute Gasteiger partial charge is 0.355 e. The third-order valence-corrected chi connectivity index (χ3v) is 3.54. The molecule has 0 aliphatic heterocycles. The van der Waals surface area contributed by atoms with Gasteiger partial charge in [0.15, 0.2) is 0 Å². The first-order valence-electron chi connectivity index (χ1n) is 6.02. The molecular weight excluding hydrogens is 249 g/mol. The van der Waals surface area contributed by atoms with Gasteiger partial charge in [-0.25, -0.2) is 4.39 Å². The number of thioether (sulfide) groups is 1. The second-order valence-electron chi connectivity index (χ2n) is 5.08. The van der Waals surface area contributed by atoms with E-state index in [1.165, 1.54) is 6.07 Å². The van der Waals surface area contributed by atoms with Crippen LogP contribution in [0.3, 0.4) is 0 Å². The molecule has 1 N–H and O–H groups in total. The smallest absolute Gasteiger partial charge is 0.224 e. The van der Waals surface area contributed by atoms with Crippen molar-refractivity contribution < 1.29 is 9.18 Å². The molecule has 0 saturated heterocycles. The summed E-state index contributed by atoms with van der Waals surface area (Å²) in [5, 5.41) is 2.80. The van der Waals surface area contributed by atoms with Gasteiger partial charge < -0.3 is 5.32 Å². The van der Waals surface area contributed by atoms with E-state index >= 15 is 0 Å². The van der Waals surface area contributed by atoms with Crippen molar-refractivity contribution in [3.8, 4) is 0 Å². The van der Waals surface area contributed by atoms with Gasteiger partial charge in [-0.1, -0.05) is 39.0 Å². The van der Waals surface area contributed by atoms with E-state index in [9.17, 15) is 9.18 Å². The molecule has 0 unspecified atom stereocenters. The van der Waals surface area contributed by atoms with Crippen molar-refractivity contribution in [1.82, 2.24) is 5.32 Å². The molecule has 0 heterocycles. The van der Waals surface area contributed by atoms with Gasteiger partial charge >= 0.3 is 0 Å². The molecule has 0 atom stereocenters. The van der Waals surface area contributed by atoms with E-state index < -0.39 is 0 Å². The maximum Gasteiger partial charge on any atom is 0.224 e. The second-order valence-corrected chi connectivity index (χ2v) is 7.00. The van der Waals surface area contributed by atoms with E-state index in [4.69, 9.17) is 0 Å². The summed E-state index contributed by atoms with van der Waals surface area (Å²) in [6.07, 6.45) is 0.104. The molecule has 0 aliphatic carbocycles. The summed E-state index contributed by atoms with van der Waals surface area (Å²) in [6, 6.07) is 6.37. The number of nitrogens with one attached hydrogen (secondary N) is 1. The lowest BCUT2D eigenvalue weighted by Gasteiger charge is -2.17. The van der Waals surface area contributed by atoms with Crippen LogP contribution in [0.15, 0.2) is 24.3 Å². The Morgan fingerprint density at radius 1 is 1.33 bits per heavy atom. The Kier molecular flexibility index (Phi) is 5.66. The molecule has 18 heavy (non-hydrogen) atoms. The van der Waals surface area contributed by atoms with Crippen molar-refractivity contribution in [2.75, 3.05) is 12.3 Å². The van der Waals surface area contributed by atoms with Gasteiger partial charge in [-0.05, 0) is 11.6 Å². The zero-order valence-corrected chi connectivity index (χ0v) is 11.9. The van der Waals surface area contributed by atoms with Crippen LogP contribution in [-0.4, -0.2) is 23.0 Å². The predicted octanol–water partition coefficient (Wildman–Crippen LogP) is 3.02. The number of carbonyl (C=O) groups is 1. The molecule has 0 aromatic heterocycles. The van der Waals surface area contributed by atoms with Crippen molar-refractivity contribution in [3.63, 3.8) is 0 Å². The van der Waals surface area contributed by atoms with Gasteiger partial charge in [0.25, 0.3) is 0 Å². The minimum Gasteiger partial charge on any atom is -0.355 e. The highest BCUT2D eigenvalue weighted by molar-refractivity contribution is 8.00. The van der Waals surface area contributed by atoms with E-state index in [1.54, 1.807) is 30.0 Å². The third-order valence-electron chi connectivity index (χ3n) is 2.27. The van der Waals surface area contributed by atoms with Crippen molar-refractivity contribution in [2.45, 2.75) is 31.9 Å². The van der Waals surface area contributed by atoms with Gasteiger partial charge in [0.05, 0.1) is 6.42 Å². The summed E-state index contributed by atoms with van der Waals surface area (Å²) < 4.78 is 13.5. The maximum atomic E-state index is 13.3. The summed E-state index contributed by atoms with van der Waals surface area (Å²) in [5.74, 6) is 0.415. The predicted molar refractivity (Wildman–Crippen MR) is 75.3 cm³/mol. The Morgan fingerprint density at radius 3 is 2.61 bits per heavy atom. The van der Waals surface area contributed by atoms with Crippen LogP contribution >= 0.6 is 11.8 Å². The van der Waals surface area contributed by atoms with E-state index in [0.717, 1.165) is 5.75 Å². The van der Waals surface area contributed by atoms with E-state index in [2.05, 4.69) is 26.1 Å². The Hall–Kier alpha value is -1.03. The highest BCUT2D eigenvalue weighted by Gasteiger charge is 2.11. The van der Waals surface area contributed by atoms with Crippen LogP contribution in [0.2, 0.25) is 0 Å². The normalized spacial score (nSPS) is 11.3. The van der Waals surface area contributed by atoms with Crippen LogP contribution in [0.5, 0.6) is 0 Å². The molecule has 0 bridgehead atoms. The fraction of sp³-hybridized carbons (Fsp3) is 0.500. The van der Waals surface area contributed by atoms with Gasteiger partial charge in [-0.15, -0.1) is 0 Å². The molecule has 1 aromatic carbocycles. The standard InChI is InChI=1S/C14H20FNOS/c1-14(2,3)18-9-8-16-13(17)10-11-6-4-5-7-12(11)15/h4-7H,8-10H2,1-3H3,(H,16,17). The number of rotatable bonds is 5. The Bertz CT molecular complexity index is 401. The summed E-state index contributed by atoms with van der Waals surface area (Å²) in [7, 11) is 0. The van der Waals surface area contributed by atoms with Gasteiger partial charge in [0.2, 0.25) is 5.91 Å². The quantitative estimate of drug-likeness (QED) is 0.833. The van der Waals surface area contributed by atoms with Crippen LogP contribution in [0.25, 0.3) is 0 Å². The number of amides is 1. The molecule has 100 valence electrons. The van der Waals surface area contributed by atoms with E-state index in [0.29, 0.717) is 12.1 Å². The summed E-state index contributed by atoms with van der Waals surface area (Å²) >= 11 is 1.80. The molecule has 0 spiro atoms. The van der Waals surface area contributed by atoms with E-state index in [1.807, 2.05) is 0 Å². The number of carbonyl (C=O) groups excluding carboxylic acids is 1. The fourth-order valence-electron chi connectivity index (χ4n) is 1.42. The van der Waals surface area contributed by atoms with Gasteiger partial charge in [0.1, 0.15) is 5.82 Å². The van der Waals surface area contributed by atoms with Gasteiger partial charge in [-0.2, -0.15) is 11.8 Å². The zero-order chi connectivity index (χ0) is 13.6. The fourth-order valence-corrected chi connectivity index (χ4v) is 2.24. The molecule has 0 aliphatic rings. The van der Waals surface area contributed by atoms with Crippen molar-refractivity contribution >= 4 is 17.7 Å². The lowest BCUT2D eigenvalue weighted by Crippen LogP contribution is -2.28. The third kappa shape index (κ3) is 6.05. The van der Waals surface area contributed by atoms with Gasteiger partial charge in [0, 0.05) is 17.0 Å². The van der Waals surface area contributed by atoms with Gasteiger partial charge in [-0.3, -0.25) is 4.79 Å². The number of halogens is 1. The average molecular weight is 269 g/mol. The van der Waals surface area contributed by atoms with Crippen LogP contribution in [0, 0.1) is 5.82 Å². The Labute approximate surface area is 112 Å². The second kappa shape index (κ2) is 6.78. The first-order valence-corrected chi connectivity index (χ1v) is 7.01. The Morgan fingerprint density at radius 2 is 2.00 bits per heavy atom. The minimum atomic E-state index is -0.322. The highest BCUT2D eigenvalue weighted by Crippen LogP contribution is 2.21. The Balaban J connectivity index is 2.29. The van der Waals surface area contributed by atoms with Crippen molar-refractivity contribution in [1.29, 1.82) is 0 Å². The molecule has 0 fully saturated rings. The highest BCUT2D eigenvalue weighted by atomic mass is 32.2. The van der Waals surface area contributed by atoms with Crippen LogP contribution in [0.4, 0.5) is 4.39 Å². The topological polar surface area (TPSA) is 29.1 Å². The van der Waals surface area contributed by atoms with Crippen LogP contribution in [-0.2, 0) is 11.2 Å². The molecular formula is C14H20FNOS. The van der Waals surface area contributed by atoms with Crippen LogP contribution < -0.4 is 5.32 Å². The average Bonchev–Trinajstić information content (AvgIpc) is 2.26. The summed E-state index contributed by atoms with van der Waals surface area (Å²) in [4.78, 5) is 11.6. The summed E-state index contributed by atoms with van der Waals surface area (Å²) in [6.45, 7) is 7.03. The SMILES string of the molecule is CC(C)(C)SCCNC(=O)Cc1ccccc1F. The number of benzene rings is 1. The lowest BCUT2D eigenvalue weighted by atomic mass is 10.1. The molecule has 1 amide bonds. The number of hydrogen-bond acceptors (Lipinski definition) is 2. The molecule has 0 radical (unpaired) electrons. The molecule has 2 nitrogen and oxygen atoms in total. The maximum absolute atomic E-state index is 13.3. The molecule has 4 heteroatoms. The molecule has 1 rings (SSSR count). The monoisotopic (exact) mass is 269 g/mol. The van der Waals surface area contributed by atoms with Crippen molar-refractivity contribution in [3.05, 3.63) is 35.6 Å². The van der Waals surface area contributed by atoms with Crippen LogP contribution in [0.1, 0.15) is 26.3 Å². The zero-order valence-electron chi connectivity index (χ0n) is 11.1. The summed E-state index contributed by atoms with van der Waals surface area (Å²) in [5.41, 5.74) is 0.443. The number of hydrogen-bond donors (Lipinski definition) is 1. The first kappa shape index (κ1) is 15.0. The first-order chi connectivity index (χ1) is 8.38. The lowest BCUT2D eigenvalue weighted by molar-refractivity contribution is -0.120. The van der Waals surface area contributed by atoms with Crippen molar-refractivity contribution in [2.24, 2.45) is 0 Å². The molecule has 0 saturated carbocycles. The minimum absolute atomic E-state index is 0.104.